The van der Waals surface area contributed by atoms with Gasteiger partial charge in [-0.15, -0.1) is 0 Å². The van der Waals surface area contributed by atoms with Crippen molar-refractivity contribution in [3.63, 3.8) is 0 Å². The van der Waals surface area contributed by atoms with Crippen molar-refractivity contribution in [2.75, 3.05) is 7.11 Å². The summed E-state index contributed by atoms with van der Waals surface area (Å²) in [4.78, 5) is 3.53. The SMILES string of the molecule is COc1cc(C#N)c(Br)nc1C(F)F. The zero-order chi connectivity index (χ0) is 10.7. The van der Waals surface area contributed by atoms with Gasteiger partial charge in [0.2, 0.25) is 0 Å². The molecule has 0 bridgehead atoms. The van der Waals surface area contributed by atoms with Gasteiger partial charge >= 0.3 is 0 Å². The van der Waals surface area contributed by atoms with Crippen LogP contribution in [0.25, 0.3) is 0 Å². The summed E-state index contributed by atoms with van der Waals surface area (Å²) >= 11 is 2.92. The summed E-state index contributed by atoms with van der Waals surface area (Å²) in [7, 11) is 1.25. The minimum atomic E-state index is -2.73. The highest BCUT2D eigenvalue weighted by molar-refractivity contribution is 9.10. The summed E-state index contributed by atoms with van der Waals surface area (Å²) in [6.45, 7) is 0. The highest BCUT2D eigenvalue weighted by atomic mass is 79.9. The van der Waals surface area contributed by atoms with Crippen LogP contribution in [-0.4, -0.2) is 12.1 Å². The molecule has 1 aromatic rings. The number of hydrogen-bond donors (Lipinski definition) is 0. The number of pyridine rings is 1. The van der Waals surface area contributed by atoms with Gasteiger partial charge in [-0.1, -0.05) is 0 Å². The Morgan fingerprint density at radius 2 is 2.29 bits per heavy atom. The van der Waals surface area contributed by atoms with Crippen molar-refractivity contribution in [2.24, 2.45) is 0 Å². The summed E-state index contributed by atoms with van der Waals surface area (Å²) in [5.74, 6) is -0.0836. The summed E-state index contributed by atoms with van der Waals surface area (Å²) in [5.41, 5.74) is -0.315. The van der Waals surface area contributed by atoms with Crippen molar-refractivity contribution in [2.45, 2.75) is 6.43 Å². The lowest BCUT2D eigenvalue weighted by Gasteiger charge is -2.07. The van der Waals surface area contributed by atoms with Crippen molar-refractivity contribution in [1.82, 2.24) is 4.98 Å². The average Bonchev–Trinajstić information content (AvgIpc) is 2.17. The molecule has 0 N–H and O–H groups in total. The van der Waals surface area contributed by atoms with Gasteiger partial charge in [-0.05, 0) is 15.9 Å². The first-order valence-electron chi connectivity index (χ1n) is 3.52. The van der Waals surface area contributed by atoms with Crippen molar-refractivity contribution in [3.05, 3.63) is 21.9 Å². The van der Waals surface area contributed by atoms with Crippen molar-refractivity contribution < 1.29 is 13.5 Å². The molecule has 1 rings (SSSR count). The summed E-state index contributed by atoms with van der Waals surface area (Å²) in [6, 6.07) is 3.02. The van der Waals surface area contributed by atoms with E-state index < -0.39 is 12.1 Å². The number of rotatable bonds is 2. The number of nitrogens with zero attached hydrogens (tertiary/aromatic N) is 2. The maximum absolute atomic E-state index is 12.4. The van der Waals surface area contributed by atoms with Crippen molar-refractivity contribution >= 4 is 15.9 Å². The van der Waals surface area contributed by atoms with Crippen LogP contribution in [-0.2, 0) is 0 Å². The van der Waals surface area contributed by atoms with Crippen LogP contribution in [0.15, 0.2) is 10.7 Å². The van der Waals surface area contributed by atoms with Gasteiger partial charge in [0, 0.05) is 6.07 Å². The molecule has 1 aromatic heterocycles. The monoisotopic (exact) mass is 262 g/mol. The van der Waals surface area contributed by atoms with Crippen LogP contribution in [0, 0.1) is 11.3 Å². The normalized spacial score (nSPS) is 10.0. The van der Waals surface area contributed by atoms with E-state index in [1.807, 2.05) is 0 Å². The Labute approximate surface area is 87.5 Å². The van der Waals surface area contributed by atoms with Crippen LogP contribution < -0.4 is 4.74 Å². The third-order valence-corrected chi connectivity index (χ3v) is 2.12. The minimum absolute atomic E-state index is 0.0836. The third kappa shape index (κ3) is 1.99. The van der Waals surface area contributed by atoms with Crippen molar-refractivity contribution in [3.8, 4) is 11.8 Å². The first-order chi connectivity index (χ1) is 6.60. The van der Waals surface area contributed by atoms with Crippen LogP contribution in [0.5, 0.6) is 5.75 Å². The van der Waals surface area contributed by atoms with E-state index in [0.29, 0.717) is 0 Å². The van der Waals surface area contributed by atoms with Crippen LogP contribution in [0.2, 0.25) is 0 Å². The topological polar surface area (TPSA) is 45.9 Å². The Balaban J connectivity index is 3.33. The van der Waals surface area contributed by atoms with E-state index in [4.69, 9.17) is 5.26 Å². The fraction of sp³-hybridized carbons (Fsp3) is 0.250. The largest absolute Gasteiger partial charge is 0.495 e. The molecule has 0 aliphatic carbocycles. The van der Waals surface area contributed by atoms with E-state index in [1.165, 1.54) is 13.2 Å². The van der Waals surface area contributed by atoms with E-state index >= 15 is 0 Å². The molecule has 0 aliphatic heterocycles. The molecule has 74 valence electrons. The van der Waals surface area contributed by atoms with Gasteiger partial charge < -0.3 is 4.74 Å². The molecule has 0 saturated heterocycles. The molecule has 0 radical (unpaired) electrons. The van der Waals surface area contributed by atoms with Gasteiger partial charge in [0.1, 0.15) is 22.1 Å². The predicted octanol–water partition coefficient (Wildman–Crippen LogP) is 2.66. The summed E-state index contributed by atoms with van der Waals surface area (Å²) < 4.78 is 29.6. The molecule has 0 fully saturated rings. The Kier molecular flexibility index (Phi) is 3.36. The summed E-state index contributed by atoms with van der Waals surface area (Å²) in [6.07, 6.45) is -2.73. The first-order valence-corrected chi connectivity index (χ1v) is 4.32. The maximum atomic E-state index is 12.4. The molecular weight excluding hydrogens is 258 g/mol. The fourth-order valence-electron chi connectivity index (χ4n) is 0.884. The smallest absolute Gasteiger partial charge is 0.284 e. The Hall–Kier alpha value is -1.22. The second-order valence-electron chi connectivity index (χ2n) is 2.33. The number of alkyl halides is 2. The van der Waals surface area contributed by atoms with E-state index in [-0.39, 0.29) is 15.9 Å². The molecule has 3 nitrogen and oxygen atoms in total. The molecule has 1 heterocycles. The standard InChI is InChI=1S/C8H5BrF2N2O/c1-14-5-2-4(3-12)7(9)13-6(5)8(10)11/h2,8H,1H3. The lowest BCUT2D eigenvalue weighted by atomic mass is 10.2. The van der Waals surface area contributed by atoms with Gasteiger partial charge in [-0.25, -0.2) is 13.8 Å². The lowest BCUT2D eigenvalue weighted by Crippen LogP contribution is -1.98. The van der Waals surface area contributed by atoms with Crippen LogP contribution >= 0.6 is 15.9 Å². The van der Waals surface area contributed by atoms with E-state index in [9.17, 15) is 8.78 Å². The third-order valence-electron chi connectivity index (χ3n) is 1.52. The second-order valence-corrected chi connectivity index (χ2v) is 3.08. The zero-order valence-electron chi connectivity index (χ0n) is 7.09. The van der Waals surface area contributed by atoms with Gasteiger partial charge in [0.25, 0.3) is 6.43 Å². The molecule has 0 unspecified atom stereocenters. The molecule has 6 heteroatoms. The van der Waals surface area contributed by atoms with Crippen LogP contribution in [0.3, 0.4) is 0 Å². The van der Waals surface area contributed by atoms with E-state index in [1.54, 1.807) is 6.07 Å². The highest BCUT2D eigenvalue weighted by Gasteiger charge is 2.18. The maximum Gasteiger partial charge on any atom is 0.284 e. The Bertz CT molecular complexity index is 390. The molecular formula is C8H5BrF2N2O. The number of nitriles is 1. The van der Waals surface area contributed by atoms with E-state index in [0.717, 1.165) is 0 Å². The van der Waals surface area contributed by atoms with Crippen LogP contribution in [0.1, 0.15) is 17.7 Å². The number of hydrogen-bond acceptors (Lipinski definition) is 3. The van der Waals surface area contributed by atoms with Gasteiger partial charge in [0.15, 0.2) is 0 Å². The molecule has 14 heavy (non-hydrogen) atoms. The average molecular weight is 263 g/mol. The Morgan fingerprint density at radius 1 is 1.64 bits per heavy atom. The molecule has 0 aromatic carbocycles. The lowest BCUT2D eigenvalue weighted by molar-refractivity contribution is 0.141. The number of methoxy groups -OCH3 is 1. The summed E-state index contributed by atoms with van der Waals surface area (Å²) in [5, 5.41) is 8.60. The van der Waals surface area contributed by atoms with Crippen LogP contribution in [0.4, 0.5) is 8.78 Å². The number of halogens is 3. The molecule has 0 saturated carbocycles. The molecule has 0 amide bonds. The number of ether oxygens (including phenoxy) is 1. The number of aromatic nitrogens is 1. The second kappa shape index (κ2) is 4.33. The highest BCUT2D eigenvalue weighted by Crippen LogP contribution is 2.30. The predicted molar refractivity (Wildman–Crippen MR) is 48.2 cm³/mol. The molecule has 0 atom stereocenters. The van der Waals surface area contributed by atoms with Gasteiger partial charge in [0.05, 0.1) is 12.7 Å². The molecule has 0 aliphatic rings. The van der Waals surface area contributed by atoms with E-state index in [2.05, 4.69) is 25.7 Å². The quantitative estimate of drug-likeness (QED) is 0.770. The Morgan fingerprint density at radius 3 is 2.71 bits per heavy atom. The van der Waals surface area contributed by atoms with Gasteiger partial charge in [-0.3, -0.25) is 0 Å². The van der Waals surface area contributed by atoms with Gasteiger partial charge in [-0.2, -0.15) is 5.26 Å². The first kappa shape index (κ1) is 10.9. The fourth-order valence-corrected chi connectivity index (χ4v) is 1.28. The zero-order valence-corrected chi connectivity index (χ0v) is 8.68. The van der Waals surface area contributed by atoms with Crippen molar-refractivity contribution in [1.29, 1.82) is 5.26 Å². The molecule has 0 spiro atoms. The minimum Gasteiger partial charge on any atom is -0.495 e.